The van der Waals surface area contributed by atoms with Crippen molar-refractivity contribution in [1.29, 1.82) is 0 Å². The molecule has 14 heavy (non-hydrogen) atoms. The zero-order valence-corrected chi connectivity index (χ0v) is 8.29. The average Bonchev–Trinajstić information content (AvgIpc) is 2.00. The zero-order valence-electron chi connectivity index (χ0n) is 6.78. The molecule has 0 saturated carbocycles. The molecule has 0 N–H and O–H groups in total. The molecule has 78 valence electrons. The first-order chi connectivity index (χ1) is 6.38. The molecule has 0 aliphatic carbocycles. The average molecular weight is 245 g/mol. The van der Waals surface area contributed by atoms with E-state index in [1.165, 1.54) is 6.20 Å². The van der Waals surface area contributed by atoms with Crippen LogP contribution in [0.3, 0.4) is 0 Å². The van der Waals surface area contributed by atoms with Gasteiger partial charge in [0.2, 0.25) is 5.28 Å². The summed E-state index contributed by atoms with van der Waals surface area (Å²) in [5.74, 6) is 0. The predicted molar refractivity (Wildman–Crippen MR) is 46.4 cm³/mol. The predicted octanol–water partition coefficient (Wildman–Crippen LogP) is 3.28. The molecule has 0 unspecified atom stereocenters. The van der Waals surface area contributed by atoms with Crippen molar-refractivity contribution in [2.24, 2.45) is 0 Å². The maximum Gasteiger partial charge on any atom is 0.389 e. The third-order valence-electron chi connectivity index (χ3n) is 1.46. The molecule has 0 amide bonds. The van der Waals surface area contributed by atoms with Gasteiger partial charge in [-0.25, -0.2) is 9.97 Å². The lowest BCUT2D eigenvalue weighted by Gasteiger charge is -2.06. The highest BCUT2D eigenvalue weighted by atomic mass is 35.5. The fourth-order valence-corrected chi connectivity index (χ4v) is 1.21. The topological polar surface area (TPSA) is 25.8 Å². The number of rotatable bonds is 2. The summed E-state index contributed by atoms with van der Waals surface area (Å²) >= 11 is 10.9. The fourth-order valence-electron chi connectivity index (χ4n) is 0.810. The van der Waals surface area contributed by atoms with Crippen LogP contribution in [0, 0.1) is 0 Å². The molecule has 0 saturated heterocycles. The summed E-state index contributed by atoms with van der Waals surface area (Å²) < 4.78 is 35.5. The minimum atomic E-state index is -4.21. The highest BCUT2D eigenvalue weighted by Crippen LogP contribution is 2.24. The minimum Gasteiger partial charge on any atom is -0.226 e. The molecule has 0 atom stereocenters. The summed E-state index contributed by atoms with van der Waals surface area (Å²) in [5.41, 5.74) is 0.244. The van der Waals surface area contributed by atoms with E-state index in [0.717, 1.165) is 0 Å². The second-order valence-electron chi connectivity index (χ2n) is 2.57. The Labute approximate surface area is 88.1 Å². The number of hydrogen-bond donors (Lipinski definition) is 0. The van der Waals surface area contributed by atoms with Crippen LogP contribution in [0.5, 0.6) is 0 Å². The van der Waals surface area contributed by atoms with Crippen LogP contribution in [-0.4, -0.2) is 16.1 Å². The van der Waals surface area contributed by atoms with E-state index in [1.807, 2.05) is 0 Å². The highest BCUT2D eigenvalue weighted by Gasteiger charge is 2.27. The van der Waals surface area contributed by atoms with Crippen LogP contribution >= 0.6 is 23.2 Å². The van der Waals surface area contributed by atoms with Crippen LogP contribution in [0.25, 0.3) is 0 Å². The van der Waals surface area contributed by atoms with Crippen molar-refractivity contribution in [3.05, 3.63) is 22.2 Å². The first kappa shape index (κ1) is 11.5. The summed E-state index contributed by atoms with van der Waals surface area (Å²) in [6.45, 7) is 0. The van der Waals surface area contributed by atoms with E-state index in [0.29, 0.717) is 0 Å². The quantitative estimate of drug-likeness (QED) is 0.590. The monoisotopic (exact) mass is 244 g/mol. The van der Waals surface area contributed by atoms with Crippen LogP contribution in [0.4, 0.5) is 13.2 Å². The van der Waals surface area contributed by atoms with Crippen LogP contribution in [0.15, 0.2) is 6.20 Å². The summed E-state index contributed by atoms with van der Waals surface area (Å²) in [7, 11) is 0. The van der Waals surface area contributed by atoms with E-state index in [1.54, 1.807) is 0 Å². The first-order valence-electron chi connectivity index (χ1n) is 3.62. The molecule has 1 heterocycles. The molecule has 7 heteroatoms. The molecular formula is C7H5Cl2F3N2. The van der Waals surface area contributed by atoms with E-state index in [9.17, 15) is 13.2 Å². The van der Waals surface area contributed by atoms with E-state index in [2.05, 4.69) is 9.97 Å². The van der Waals surface area contributed by atoms with Gasteiger partial charge in [-0.1, -0.05) is 11.6 Å². The highest BCUT2D eigenvalue weighted by molar-refractivity contribution is 6.32. The van der Waals surface area contributed by atoms with Crippen molar-refractivity contribution in [2.45, 2.75) is 19.0 Å². The van der Waals surface area contributed by atoms with Gasteiger partial charge in [0, 0.05) is 18.2 Å². The number of aromatic nitrogens is 2. The normalized spacial score (nSPS) is 11.8. The summed E-state index contributed by atoms with van der Waals surface area (Å²) in [4.78, 5) is 7.07. The van der Waals surface area contributed by atoms with Crippen LogP contribution in [0.1, 0.15) is 12.0 Å². The third kappa shape index (κ3) is 3.67. The maximum absolute atomic E-state index is 11.8. The summed E-state index contributed by atoms with van der Waals surface area (Å²) in [6.07, 6.45) is -4.19. The fraction of sp³-hybridized carbons (Fsp3) is 0.429. The molecule has 1 aromatic rings. The van der Waals surface area contributed by atoms with E-state index < -0.39 is 12.6 Å². The SMILES string of the molecule is FC(F)(F)CCc1cnc(Cl)nc1Cl. The molecule has 1 rings (SSSR count). The smallest absolute Gasteiger partial charge is 0.226 e. The number of hydrogen-bond acceptors (Lipinski definition) is 2. The molecule has 1 aromatic heterocycles. The molecule has 0 aliphatic rings. The molecule has 0 aliphatic heterocycles. The Morgan fingerprint density at radius 2 is 1.93 bits per heavy atom. The number of halogens is 5. The van der Waals surface area contributed by atoms with Gasteiger partial charge in [-0.15, -0.1) is 0 Å². The van der Waals surface area contributed by atoms with Crippen LogP contribution in [0.2, 0.25) is 10.4 Å². The lowest BCUT2D eigenvalue weighted by molar-refractivity contribution is -0.134. The number of nitrogens with zero attached hydrogens (tertiary/aromatic N) is 2. The number of alkyl halides is 3. The van der Waals surface area contributed by atoms with E-state index in [-0.39, 0.29) is 22.4 Å². The Kier molecular flexibility index (Phi) is 3.55. The largest absolute Gasteiger partial charge is 0.389 e. The molecule has 0 spiro atoms. The first-order valence-corrected chi connectivity index (χ1v) is 4.38. The second kappa shape index (κ2) is 4.31. The second-order valence-corrected chi connectivity index (χ2v) is 3.27. The Morgan fingerprint density at radius 3 is 2.43 bits per heavy atom. The number of aryl methyl sites for hydroxylation is 1. The van der Waals surface area contributed by atoms with Crippen molar-refractivity contribution >= 4 is 23.2 Å². The van der Waals surface area contributed by atoms with Gasteiger partial charge >= 0.3 is 6.18 Å². The van der Waals surface area contributed by atoms with Crippen molar-refractivity contribution in [2.75, 3.05) is 0 Å². The van der Waals surface area contributed by atoms with Gasteiger partial charge in [0.25, 0.3) is 0 Å². The lowest BCUT2D eigenvalue weighted by atomic mass is 10.2. The van der Waals surface area contributed by atoms with Crippen molar-refractivity contribution < 1.29 is 13.2 Å². The standard InChI is InChI=1S/C7H5Cl2F3N2/c8-5-4(1-2-7(10,11)12)3-13-6(9)14-5/h3H,1-2H2. The van der Waals surface area contributed by atoms with Gasteiger partial charge < -0.3 is 0 Å². The Morgan fingerprint density at radius 1 is 1.29 bits per heavy atom. The molecule has 0 bridgehead atoms. The van der Waals surface area contributed by atoms with Crippen LogP contribution in [-0.2, 0) is 6.42 Å². The Hall–Kier alpha value is -0.550. The lowest BCUT2D eigenvalue weighted by Crippen LogP contribution is -2.09. The molecule has 0 aromatic carbocycles. The van der Waals surface area contributed by atoms with Crippen molar-refractivity contribution in [3.8, 4) is 0 Å². The third-order valence-corrected chi connectivity index (χ3v) is 1.97. The van der Waals surface area contributed by atoms with Gasteiger partial charge in [0.15, 0.2) is 0 Å². The molecule has 0 fully saturated rings. The van der Waals surface area contributed by atoms with Gasteiger partial charge in [0.05, 0.1) is 0 Å². The summed E-state index contributed by atoms with van der Waals surface area (Å²) in [5, 5.41) is -0.111. The van der Waals surface area contributed by atoms with Crippen LogP contribution < -0.4 is 0 Å². The van der Waals surface area contributed by atoms with Gasteiger partial charge in [-0.05, 0) is 18.0 Å². The Bertz CT molecular complexity index is 327. The van der Waals surface area contributed by atoms with Crippen molar-refractivity contribution in [1.82, 2.24) is 9.97 Å². The molecule has 2 nitrogen and oxygen atoms in total. The molecule has 0 radical (unpaired) electrons. The van der Waals surface area contributed by atoms with E-state index in [4.69, 9.17) is 23.2 Å². The molecular weight excluding hydrogens is 240 g/mol. The van der Waals surface area contributed by atoms with Gasteiger partial charge in [-0.2, -0.15) is 13.2 Å². The minimum absolute atomic E-state index is 0.0331. The Balaban J connectivity index is 2.68. The van der Waals surface area contributed by atoms with Gasteiger partial charge in [-0.3, -0.25) is 0 Å². The summed E-state index contributed by atoms with van der Waals surface area (Å²) in [6, 6.07) is 0. The van der Waals surface area contributed by atoms with Gasteiger partial charge in [0.1, 0.15) is 5.15 Å². The van der Waals surface area contributed by atoms with Crippen molar-refractivity contribution in [3.63, 3.8) is 0 Å². The maximum atomic E-state index is 11.8. The van der Waals surface area contributed by atoms with E-state index >= 15 is 0 Å². The zero-order chi connectivity index (χ0) is 10.8.